The maximum absolute atomic E-state index is 13.7. The number of hydrogen-bond acceptors (Lipinski definition) is 6. The Morgan fingerprint density at radius 3 is 1.85 bits per heavy atom. The summed E-state index contributed by atoms with van der Waals surface area (Å²) in [5.41, 5.74) is -0.607. The van der Waals surface area contributed by atoms with Crippen molar-refractivity contribution in [2.75, 3.05) is 26.2 Å². The number of nitrogens with zero attached hydrogens (tertiary/aromatic N) is 3. The first-order valence-electron chi connectivity index (χ1n) is 15.1. The Kier molecular flexibility index (Phi) is 10.6. The molecule has 4 atom stereocenters. The summed E-state index contributed by atoms with van der Waals surface area (Å²) in [7, 11) is 0. The Morgan fingerprint density at radius 2 is 1.33 bits per heavy atom. The van der Waals surface area contributed by atoms with Crippen molar-refractivity contribution in [3.8, 4) is 0 Å². The Morgan fingerprint density at radius 1 is 0.846 bits per heavy atom. The van der Waals surface area contributed by atoms with Gasteiger partial charge in [0, 0.05) is 37.6 Å². The molecule has 0 aliphatic carbocycles. The third-order valence-corrected chi connectivity index (χ3v) is 8.82. The summed E-state index contributed by atoms with van der Waals surface area (Å²) in [4.78, 5) is 57.6. The van der Waals surface area contributed by atoms with Crippen LogP contribution in [0.1, 0.15) is 106 Å². The lowest BCUT2D eigenvalue weighted by Gasteiger charge is -2.36. The Labute approximate surface area is 235 Å². The van der Waals surface area contributed by atoms with Crippen molar-refractivity contribution < 1.29 is 23.9 Å². The topological polar surface area (TPSA) is 99.3 Å². The van der Waals surface area contributed by atoms with Crippen molar-refractivity contribution in [2.45, 2.75) is 142 Å². The fourth-order valence-corrected chi connectivity index (χ4v) is 6.37. The van der Waals surface area contributed by atoms with Gasteiger partial charge in [0.2, 0.25) is 17.7 Å². The van der Waals surface area contributed by atoms with Crippen LogP contribution in [-0.2, 0) is 23.9 Å². The molecule has 0 bridgehead atoms. The van der Waals surface area contributed by atoms with E-state index in [1.54, 1.807) is 14.7 Å². The van der Waals surface area contributed by atoms with Gasteiger partial charge in [0.25, 0.3) is 0 Å². The van der Waals surface area contributed by atoms with Crippen molar-refractivity contribution in [2.24, 2.45) is 0 Å². The van der Waals surface area contributed by atoms with Gasteiger partial charge in [0.1, 0.15) is 12.1 Å². The number of Topliss-reactive ketones (excluding diaryl/α,β-unsaturated/α-hetero) is 1. The largest absolute Gasteiger partial charge is 0.374 e. The quantitative estimate of drug-likeness (QED) is 0.402. The number of rotatable bonds is 12. The van der Waals surface area contributed by atoms with Crippen LogP contribution in [0.25, 0.3) is 0 Å². The molecule has 0 aromatic carbocycles. The minimum Gasteiger partial charge on any atom is -0.374 e. The van der Waals surface area contributed by atoms with E-state index in [1.165, 1.54) is 6.92 Å². The highest BCUT2D eigenvalue weighted by atomic mass is 16.5. The van der Waals surface area contributed by atoms with Gasteiger partial charge in [0.05, 0.1) is 18.2 Å². The normalized spacial score (nSPS) is 25.4. The zero-order valence-electron chi connectivity index (χ0n) is 25.4. The van der Waals surface area contributed by atoms with Crippen LogP contribution in [0.5, 0.6) is 0 Å². The smallest absolute Gasteiger partial charge is 0.246 e. The third-order valence-electron chi connectivity index (χ3n) is 8.82. The third kappa shape index (κ3) is 7.81. The summed E-state index contributed by atoms with van der Waals surface area (Å²) in [5, 5.41) is 3.58. The van der Waals surface area contributed by atoms with Crippen LogP contribution >= 0.6 is 0 Å². The number of nitrogens with one attached hydrogen (secondary N) is 1. The molecule has 9 heteroatoms. The minimum absolute atomic E-state index is 0.00620. The van der Waals surface area contributed by atoms with Gasteiger partial charge in [-0.3, -0.25) is 19.2 Å². The molecule has 0 radical (unpaired) electrons. The highest BCUT2D eigenvalue weighted by Gasteiger charge is 2.45. The van der Waals surface area contributed by atoms with Gasteiger partial charge in [-0.05, 0) is 79.1 Å². The zero-order chi connectivity index (χ0) is 29.0. The Balaban J connectivity index is 1.58. The van der Waals surface area contributed by atoms with E-state index >= 15 is 0 Å². The predicted molar refractivity (Wildman–Crippen MR) is 151 cm³/mol. The Bertz CT molecular complexity index is 906. The maximum Gasteiger partial charge on any atom is 0.246 e. The molecule has 3 aliphatic rings. The molecule has 3 rings (SSSR count). The molecule has 0 aromatic rings. The van der Waals surface area contributed by atoms with E-state index in [1.807, 2.05) is 13.8 Å². The average molecular weight is 549 g/mol. The van der Waals surface area contributed by atoms with Gasteiger partial charge in [0.15, 0.2) is 5.78 Å². The van der Waals surface area contributed by atoms with Crippen molar-refractivity contribution in [1.29, 1.82) is 0 Å². The highest BCUT2D eigenvalue weighted by Crippen LogP contribution is 2.29. The fraction of sp³-hybridized carbons (Fsp3) is 0.867. The molecule has 9 nitrogen and oxygen atoms in total. The average Bonchev–Trinajstić information content (AvgIpc) is 3.65. The lowest BCUT2D eigenvalue weighted by Crippen LogP contribution is -2.54. The summed E-state index contributed by atoms with van der Waals surface area (Å²) < 4.78 is 6.30. The summed E-state index contributed by atoms with van der Waals surface area (Å²) in [6.07, 6.45) is 6.09. The van der Waals surface area contributed by atoms with Crippen LogP contribution in [0, 0.1) is 0 Å². The van der Waals surface area contributed by atoms with Gasteiger partial charge >= 0.3 is 0 Å². The van der Waals surface area contributed by atoms with Crippen LogP contribution in [-0.4, -0.2) is 99.8 Å². The Hall–Kier alpha value is -2.00. The fourth-order valence-electron chi connectivity index (χ4n) is 6.37. The monoisotopic (exact) mass is 548 g/mol. The molecular formula is C30H52N4O5. The molecule has 222 valence electrons. The number of likely N-dealkylation sites (tertiary alicyclic amines) is 3. The molecule has 0 spiro atoms. The van der Waals surface area contributed by atoms with E-state index in [0.29, 0.717) is 64.4 Å². The molecule has 3 amide bonds. The summed E-state index contributed by atoms with van der Waals surface area (Å²) in [6.45, 7) is 16.3. The lowest BCUT2D eigenvalue weighted by molar-refractivity contribution is -0.150. The SMILES string of the molecule is CCC(C)(COC(C)(C)CCC(=O)N1CCCC1C(=O)N1CCCC1C(=O)N1CCCC1C(C)=O)NC(C)C. The number of carbonyl (C=O) groups excluding carboxylic acids is 4. The minimum atomic E-state index is -0.533. The van der Waals surface area contributed by atoms with Crippen molar-refractivity contribution in [3.05, 3.63) is 0 Å². The van der Waals surface area contributed by atoms with E-state index in [-0.39, 0.29) is 35.1 Å². The first-order valence-corrected chi connectivity index (χ1v) is 15.1. The van der Waals surface area contributed by atoms with E-state index < -0.39 is 17.7 Å². The van der Waals surface area contributed by atoms with Crippen LogP contribution in [0.2, 0.25) is 0 Å². The van der Waals surface area contributed by atoms with Gasteiger partial charge < -0.3 is 24.8 Å². The van der Waals surface area contributed by atoms with Crippen LogP contribution in [0.4, 0.5) is 0 Å². The van der Waals surface area contributed by atoms with Gasteiger partial charge in [-0.15, -0.1) is 0 Å². The second kappa shape index (κ2) is 13.1. The number of ether oxygens (including phenoxy) is 1. The van der Waals surface area contributed by atoms with Crippen molar-refractivity contribution in [3.63, 3.8) is 0 Å². The van der Waals surface area contributed by atoms with Gasteiger partial charge in [-0.2, -0.15) is 0 Å². The van der Waals surface area contributed by atoms with E-state index in [9.17, 15) is 19.2 Å². The van der Waals surface area contributed by atoms with Gasteiger partial charge in [-0.25, -0.2) is 0 Å². The van der Waals surface area contributed by atoms with Crippen LogP contribution in [0.15, 0.2) is 0 Å². The van der Waals surface area contributed by atoms with Crippen LogP contribution in [0.3, 0.4) is 0 Å². The molecule has 1 N–H and O–H groups in total. The number of amides is 3. The molecule has 3 fully saturated rings. The van der Waals surface area contributed by atoms with E-state index in [2.05, 4.69) is 33.0 Å². The summed E-state index contributed by atoms with van der Waals surface area (Å²) >= 11 is 0. The molecule has 3 heterocycles. The van der Waals surface area contributed by atoms with Crippen molar-refractivity contribution >= 4 is 23.5 Å². The first kappa shape index (κ1) is 31.5. The lowest BCUT2D eigenvalue weighted by atomic mass is 9.97. The van der Waals surface area contributed by atoms with Gasteiger partial charge in [-0.1, -0.05) is 20.8 Å². The molecular weight excluding hydrogens is 496 g/mol. The maximum atomic E-state index is 13.7. The molecule has 0 saturated carbocycles. The second-order valence-corrected chi connectivity index (χ2v) is 13.0. The van der Waals surface area contributed by atoms with E-state index in [0.717, 1.165) is 25.7 Å². The van der Waals surface area contributed by atoms with E-state index in [4.69, 9.17) is 4.74 Å². The molecule has 0 aromatic heterocycles. The molecule has 3 aliphatic heterocycles. The number of hydrogen-bond donors (Lipinski definition) is 1. The van der Waals surface area contributed by atoms with Crippen LogP contribution < -0.4 is 5.32 Å². The molecule has 39 heavy (non-hydrogen) atoms. The molecule has 4 unspecified atom stereocenters. The predicted octanol–water partition coefficient (Wildman–Crippen LogP) is 3.29. The second-order valence-electron chi connectivity index (χ2n) is 13.0. The molecule has 3 saturated heterocycles. The zero-order valence-corrected chi connectivity index (χ0v) is 25.4. The number of ketones is 1. The standard InChI is InChI=1S/C30H52N4O5/c1-8-30(7,31-21(2)3)20-39-29(5,6)16-15-26(36)32-17-10-13-24(32)27(37)34-19-11-14-25(34)28(38)33-18-9-12-23(33)22(4)35/h21,23-25,31H,8-20H2,1-7H3. The number of carbonyl (C=O) groups is 4. The summed E-state index contributed by atoms with van der Waals surface area (Å²) in [6, 6.07) is -1.07. The first-order chi connectivity index (χ1) is 18.3. The highest BCUT2D eigenvalue weighted by molar-refractivity contribution is 5.95. The van der Waals surface area contributed by atoms with Crippen molar-refractivity contribution in [1.82, 2.24) is 20.0 Å². The summed E-state index contributed by atoms with van der Waals surface area (Å²) in [5.74, 6) is -0.255.